The highest BCUT2D eigenvalue weighted by molar-refractivity contribution is 6.33. The zero-order valence-electron chi connectivity index (χ0n) is 17.2. The first kappa shape index (κ1) is 22.1. The molecule has 1 aliphatic rings. The molecule has 7 heteroatoms. The maximum Gasteiger partial charge on any atom is 0.185 e. The molecule has 5 nitrogen and oxygen atoms in total. The van der Waals surface area contributed by atoms with Gasteiger partial charge in [-0.2, -0.15) is 0 Å². The maximum atomic E-state index is 12.9. The van der Waals surface area contributed by atoms with Crippen molar-refractivity contribution in [3.05, 3.63) is 56.6 Å². The van der Waals surface area contributed by atoms with E-state index in [1.165, 1.54) is 14.2 Å². The Kier molecular flexibility index (Phi) is 6.95. The first-order valence-electron chi connectivity index (χ1n) is 9.20. The van der Waals surface area contributed by atoms with E-state index in [0.717, 1.165) is 11.1 Å². The Balaban J connectivity index is 1.91. The third kappa shape index (κ3) is 4.42. The lowest BCUT2D eigenvalue weighted by Crippen LogP contribution is -1.97. The molecule has 2 aromatic carbocycles. The predicted octanol–water partition coefficient (Wildman–Crippen LogP) is 5.86. The smallest absolute Gasteiger partial charge is 0.185 e. The minimum atomic E-state index is -0.00758. The minimum Gasteiger partial charge on any atom is -0.493 e. The molecule has 158 valence electrons. The number of carbonyl (C=O) groups is 1. The lowest BCUT2D eigenvalue weighted by atomic mass is 10.1. The Morgan fingerprint density at radius 1 is 0.700 bits per heavy atom. The molecule has 0 aromatic heterocycles. The SMILES string of the molecule is COc1cc(/C=C2\CC/C(=C\c3cc(Cl)c(OC)c(OC)c3)C2=O)cc(Cl)c1OC. The van der Waals surface area contributed by atoms with Crippen LogP contribution in [0.5, 0.6) is 23.0 Å². The summed E-state index contributed by atoms with van der Waals surface area (Å²) in [7, 11) is 6.14. The molecule has 0 aliphatic heterocycles. The molecule has 0 atom stereocenters. The molecule has 0 bridgehead atoms. The standard InChI is InChI=1S/C23H22Cl2O5/c1-27-19-11-13(9-17(24)22(19)29-3)7-15-5-6-16(21(15)26)8-14-10-18(25)23(30-4)20(12-14)28-2/h7-12H,5-6H2,1-4H3/b15-7+,16-8+. The summed E-state index contributed by atoms with van der Waals surface area (Å²) in [5, 5.41) is 0.842. The molecule has 30 heavy (non-hydrogen) atoms. The van der Waals surface area contributed by atoms with Crippen LogP contribution in [0.25, 0.3) is 12.2 Å². The minimum absolute atomic E-state index is 0.00758. The maximum absolute atomic E-state index is 12.9. The number of Topliss-reactive ketones (excluding diaryl/α,β-unsaturated/α-hetero) is 1. The molecule has 3 rings (SSSR count). The molecular weight excluding hydrogens is 427 g/mol. The van der Waals surface area contributed by atoms with E-state index in [2.05, 4.69) is 0 Å². The number of rotatable bonds is 6. The van der Waals surface area contributed by atoms with Gasteiger partial charge < -0.3 is 18.9 Å². The van der Waals surface area contributed by atoms with Gasteiger partial charge in [0.15, 0.2) is 28.8 Å². The monoisotopic (exact) mass is 448 g/mol. The zero-order chi connectivity index (χ0) is 21.8. The van der Waals surface area contributed by atoms with E-state index < -0.39 is 0 Å². The Bertz CT molecular complexity index is 959. The van der Waals surface area contributed by atoms with Crippen LogP contribution >= 0.6 is 23.2 Å². The van der Waals surface area contributed by atoms with Crippen LogP contribution in [-0.4, -0.2) is 34.2 Å². The number of allylic oxidation sites excluding steroid dienone is 2. The molecule has 2 aromatic rings. The van der Waals surface area contributed by atoms with Crippen LogP contribution in [0, 0.1) is 0 Å². The van der Waals surface area contributed by atoms with Gasteiger partial charge in [0.25, 0.3) is 0 Å². The van der Waals surface area contributed by atoms with Crippen molar-refractivity contribution in [3.8, 4) is 23.0 Å². The van der Waals surface area contributed by atoms with Gasteiger partial charge in [-0.05, 0) is 60.4 Å². The quantitative estimate of drug-likeness (QED) is 0.518. The second-order valence-electron chi connectivity index (χ2n) is 6.64. The van der Waals surface area contributed by atoms with Crippen LogP contribution in [0.3, 0.4) is 0 Å². The topological polar surface area (TPSA) is 54.0 Å². The van der Waals surface area contributed by atoms with Gasteiger partial charge in [0, 0.05) is 11.1 Å². The molecule has 0 heterocycles. The van der Waals surface area contributed by atoms with Crippen LogP contribution in [-0.2, 0) is 4.79 Å². The fraction of sp³-hybridized carbons (Fsp3) is 0.261. The number of ether oxygens (including phenoxy) is 4. The second kappa shape index (κ2) is 9.45. The highest BCUT2D eigenvalue weighted by Crippen LogP contribution is 2.39. The van der Waals surface area contributed by atoms with E-state index in [4.69, 9.17) is 42.1 Å². The van der Waals surface area contributed by atoms with E-state index in [1.54, 1.807) is 38.5 Å². The summed E-state index contributed by atoms with van der Waals surface area (Å²) in [6, 6.07) is 7.08. The number of hydrogen-bond donors (Lipinski definition) is 0. The summed E-state index contributed by atoms with van der Waals surface area (Å²) in [5.74, 6) is 1.94. The third-order valence-corrected chi connectivity index (χ3v) is 5.40. The molecule has 0 spiro atoms. The summed E-state index contributed by atoms with van der Waals surface area (Å²) in [4.78, 5) is 12.9. The van der Waals surface area contributed by atoms with Crippen molar-refractivity contribution < 1.29 is 23.7 Å². The van der Waals surface area contributed by atoms with Gasteiger partial charge in [0.1, 0.15) is 0 Å². The van der Waals surface area contributed by atoms with Crippen molar-refractivity contribution in [2.75, 3.05) is 28.4 Å². The highest BCUT2D eigenvalue weighted by atomic mass is 35.5. The number of halogens is 2. The Morgan fingerprint density at radius 3 is 1.43 bits per heavy atom. The largest absolute Gasteiger partial charge is 0.493 e. The van der Waals surface area contributed by atoms with Crippen LogP contribution < -0.4 is 18.9 Å². The van der Waals surface area contributed by atoms with Crippen LogP contribution in [0.4, 0.5) is 0 Å². The molecule has 0 radical (unpaired) electrons. The number of benzene rings is 2. The van der Waals surface area contributed by atoms with Crippen molar-refractivity contribution in [3.63, 3.8) is 0 Å². The van der Waals surface area contributed by atoms with Gasteiger partial charge in [0.2, 0.25) is 0 Å². The van der Waals surface area contributed by atoms with Gasteiger partial charge in [-0.3, -0.25) is 4.79 Å². The van der Waals surface area contributed by atoms with Crippen LogP contribution in [0.2, 0.25) is 10.0 Å². The molecule has 0 saturated heterocycles. The first-order valence-corrected chi connectivity index (χ1v) is 9.96. The molecule has 1 saturated carbocycles. The van der Waals surface area contributed by atoms with Gasteiger partial charge in [-0.25, -0.2) is 0 Å². The van der Waals surface area contributed by atoms with E-state index in [1.807, 2.05) is 12.2 Å². The number of methoxy groups -OCH3 is 4. The molecular formula is C23H22Cl2O5. The first-order chi connectivity index (χ1) is 14.4. The predicted molar refractivity (Wildman–Crippen MR) is 119 cm³/mol. The average molecular weight is 449 g/mol. The van der Waals surface area contributed by atoms with E-state index in [-0.39, 0.29) is 5.78 Å². The summed E-state index contributed by atoms with van der Waals surface area (Å²) in [5.41, 5.74) is 2.96. The average Bonchev–Trinajstić information content (AvgIpc) is 3.06. The second-order valence-corrected chi connectivity index (χ2v) is 7.46. The van der Waals surface area contributed by atoms with Crippen molar-refractivity contribution >= 4 is 41.1 Å². The van der Waals surface area contributed by atoms with Crippen molar-refractivity contribution in [1.82, 2.24) is 0 Å². The normalized spacial score (nSPS) is 16.3. The zero-order valence-corrected chi connectivity index (χ0v) is 18.7. The Morgan fingerprint density at radius 2 is 1.10 bits per heavy atom. The Hall–Kier alpha value is -2.63. The third-order valence-electron chi connectivity index (χ3n) is 4.84. The molecule has 0 N–H and O–H groups in total. The van der Waals surface area contributed by atoms with Crippen molar-refractivity contribution in [2.24, 2.45) is 0 Å². The molecule has 1 fully saturated rings. The van der Waals surface area contributed by atoms with Crippen molar-refractivity contribution in [1.29, 1.82) is 0 Å². The molecule has 0 unspecified atom stereocenters. The van der Waals surface area contributed by atoms with Gasteiger partial charge >= 0.3 is 0 Å². The molecule has 1 aliphatic carbocycles. The lowest BCUT2D eigenvalue weighted by Gasteiger charge is -2.10. The molecule has 0 amide bonds. The summed E-state index contributed by atoms with van der Waals surface area (Å²) < 4.78 is 21.2. The van der Waals surface area contributed by atoms with Crippen LogP contribution in [0.15, 0.2) is 35.4 Å². The highest BCUT2D eigenvalue weighted by Gasteiger charge is 2.24. The van der Waals surface area contributed by atoms with Crippen LogP contribution in [0.1, 0.15) is 24.0 Å². The van der Waals surface area contributed by atoms with Crippen molar-refractivity contribution in [2.45, 2.75) is 12.8 Å². The van der Waals surface area contributed by atoms with E-state index >= 15 is 0 Å². The number of hydrogen-bond acceptors (Lipinski definition) is 5. The number of carbonyl (C=O) groups excluding carboxylic acids is 1. The fourth-order valence-corrected chi connectivity index (χ4v) is 4.02. The van der Waals surface area contributed by atoms with E-state index in [9.17, 15) is 4.79 Å². The van der Waals surface area contributed by atoms with Gasteiger partial charge in [-0.15, -0.1) is 0 Å². The summed E-state index contributed by atoms with van der Waals surface area (Å²) in [6.07, 6.45) is 4.94. The number of ketones is 1. The lowest BCUT2D eigenvalue weighted by molar-refractivity contribution is -0.111. The summed E-state index contributed by atoms with van der Waals surface area (Å²) in [6.45, 7) is 0. The van der Waals surface area contributed by atoms with E-state index in [0.29, 0.717) is 57.0 Å². The van der Waals surface area contributed by atoms with Gasteiger partial charge in [-0.1, -0.05) is 23.2 Å². The fourth-order valence-electron chi connectivity index (χ4n) is 3.42. The summed E-state index contributed by atoms with van der Waals surface area (Å²) >= 11 is 12.5. The Labute approximate surface area is 185 Å². The van der Waals surface area contributed by atoms with Gasteiger partial charge in [0.05, 0.1) is 38.5 Å².